The van der Waals surface area contributed by atoms with E-state index in [2.05, 4.69) is 22.5 Å². The Morgan fingerprint density at radius 2 is 2.31 bits per heavy atom. The van der Waals surface area contributed by atoms with Crippen molar-refractivity contribution in [1.82, 2.24) is 0 Å². The van der Waals surface area contributed by atoms with Gasteiger partial charge in [-0.25, -0.2) is 4.39 Å². The van der Waals surface area contributed by atoms with Gasteiger partial charge < -0.3 is 5.73 Å². The molecule has 1 unspecified atom stereocenters. The summed E-state index contributed by atoms with van der Waals surface area (Å²) in [5.74, 6) is -0.274. The fourth-order valence-corrected chi connectivity index (χ4v) is 1.44. The summed E-state index contributed by atoms with van der Waals surface area (Å²) in [5, 5.41) is 0. The summed E-state index contributed by atoms with van der Waals surface area (Å²) in [5.41, 5.74) is 6.26. The average Bonchev–Trinajstić information content (AvgIpc) is 2.04. The Balaban J connectivity index is 2.94. The van der Waals surface area contributed by atoms with Crippen LogP contribution in [0, 0.1) is 5.82 Å². The number of halogens is 2. The SMILES string of the molecule is C=CCC(N)c1ccc(Br)cc1F. The molecule has 0 heterocycles. The Kier molecular flexibility index (Phi) is 3.63. The van der Waals surface area contributed by atoms with E-state index < -0.39 is 0 Å². The first kappa shape index (κ1) is 10.4. The molecule has 0 aliphatic heterocycles. The predicted molar refractivity (Wildman–Crippen MR) is 55.8 cm³/mol. The monoisotopic (exact) mass is 243 g/mol. The lowest BCUT2D eigenvalue weighted by atomic mass is 10.0. The van der Waals surface area contributed by atoms with Crippen LogP contribution in [0.2, 0.25) is 0 Å². The van der Waals surface area contributed by atoms with Crippen molar-refractivity contribution in [3.63, 3.8) is 0 Å². The highest BCUT2D eigenvalue weighted by Gasteiger charge is 2.09. The first-order valence-electron chi connectivity index (χ1n) is 3.96. The van der Waals surface area contributed by atoms with Gasteiger partial charge in [0, 0.05) is 16.1 Å². The van der Waals surface area contributed by atoms with E-state index >= 15 is 0 Å². The smallest absolute Gasteiger partial charge is 0.129 e. The molecule has 3 heteroatoms. The average molecular weight is 244 g/mol. The number of nitrogens with two attached hydrogens (primary N) is 1. The van der Waals surface area contributed by atoms with Crippen molar-refractivity contribution >= 4 is 15.9 Å². The maximum absolute atomic E-state index is 13.3. The van der Waals surface area contributed by atoms with Gasteiger partial charge in [-0.05, 0) is 18.6 Å². The Hall–Kier alpha value is -0.670. The number of rotatable bonds is 3. The highest BCUT2D eigenvalue weighted by molar-refractivity contribution is 9.10. The number of hydrogen-bond donors (Lipinski definition) is 1. The zero-order valence-electron chi connectivity index (χ0n) is 7.13. The Morgan fingerprint density at radius 3 is 2.85 bits per heavy atom. The second-order valence-corrected chi connectivity index (χ2v) is 3.71. The molecule has 0 saturated carbocycles. The minimum absolute atomic E-state index is 0.274. The van der Waals surface area contributed by atoms with Crippen LogP contribution >= 0.6 is 15.9 Å². The van der Waals surface area contributed by atoms with E-state index in [1.165, 1.54) is 6.07 Å². The van der Waals surface area contributed by atoms with Gasteiger partial charge in [-0.3, -0.25) is 0 Å². The lowest BCUT2D eigenvalue weighted by molar-refractivity contribution is 0.583. The third-order valence-electron chi connectivity index (χ3n) is 1.78. The fourth-order valence-electron chi connectivity index (χ4n) is 1.11. The van der Waals surface area contributed by atoms with Crippen LogP contribution in [0.3, 0.4) is 0 Å². The van der Waals surface area contributed by atoms with E-state index in [1.807, 2.05) is 0 Å². The summed E-state index contributed by atoms with van der Waals surface area (Å²) in [6.07, 6.45) is 2.27. The zero-order valence-corrected chi connectivity index (χ0v) is 8.72. The molecule has 0 fully saturated rings. The highest BCUT2D eigenvalue weighted by Crippen LogP contribution is 2.21. The van der Waals surface area contributed by atoms with Crippen molar-refractivity contribution in [2.45, 2.75) is 12.5 Å². The van der Waals surface area contributed by atoms with Crippen molar-refractivity contribution in [2.24, 2.45) is 5.73 Å². The fraction of sp³-hybridized carbons (Fsp3) is 0.200. The molecule has 0 amide bonds. The molecule has 2 N–H and O–H groups in total. The second-order valence-electron chi connectivity index (χ2n) is 2.80. The lowest BCUT2D eigenvalue weighted by Crippen LogP contribution is -2.10. The van der Waals surface area contributed by atoms with Gasteiger partial charge in [0.05, 0.1) is 0 Å². The van der Waals surface area contributed by atoms with Crippen molar-refractivity contribution in [2.75, 3.05) is 0 Å². The Labute approximate surface area is 85.6 Å². The summed E-state index contributed by atoms with van der Waals surface area (Å²) in [6, 6.07) is 4.58. The summed E-state index contributed by atoms with van der Waals surface area (Å²) in [6.45, 7) is 3.56. The van der Waals surface area contributed by atoms with Crippen LogP contribution < -0.4 is 5.73 Å². The van der Waals surface area contributed by atoms with Crippen molar-refractivity contribution < 1.29 is 4.39 Å². The van der Waals surface area contributed by atoms with Crippen LogP contribution in [0.25, 0.3) is 0 Å². The van der Waals surface area contributed by atoms with Gasteiger partial charge in [-0.2, -0.15) is 0 Å². The minimum Gasteiger partial charge on any atom is -0.324 e. The van der Waals surface area contributed by atoms with Crippen LogP contribution in [0.5, 0.6) is 0 Å². The molecule has 1 atom stereocenters. The van der Waals surface area contributed by atoms with E-state index in [4.69, 9.17) is 5.73 Å². The van der Waals surface area contributed by atoms with E-state index in [1.54, 1.807) is 18.2 Å². The number of benzene rings is 1. The molecule has 70 valence electrons. The first-order valence-corrected chi connectivity index (χ1v) is 4.76. The number of hydrogen-bond acceptors (Lipinski definition) is 1. The molecule has 0 radical (unpaired) electrons. The molecular formula is C10H11BrFN. The third kappa shape index (κ3) is 2.64. The van der Waals surface area contributed by atoms with Crippen LogP contribution in [0.15, 0.2) is 35.3 Å². The van der Waals surface area contributed by atoms with Crippen molar-refractivity contribution in [3.05, 3.63) is 46.7 Å². The van der Waals surface area contributed by atoms with E-state index in [-0.39, 0.29) is 11.9 Å². The molecule has 1 aromatic rings. The van der Waals surface area contributed by atoms with Crippen molar-refractivity contribution in [1.29, 1.82) is 0 Å². The second kappa shape index (κ2) is 4.53. The van der Waals surface area contributed by atoms with Crippen LogP contribution in [0.4, 0.5) is 4.39 Å². The van der Waals surface area contributed by atoms with E-state index in [0.717, 1.165) is 4.47 Å². The molecule has 1 rings (SSSR count). The maximum atomic E-state index is 13.3. The molecule has 0 aliphatic carbocycles. The summed E-state index contributed by atoms with van der Waals surface area (Å²) in [4.78, 5) is 0. The van der Waals surface area contributed by atoms with Gasteiger partial charge in [0.2, 0.25) is 0 Å². The van der Waals surface area contributed by atoms with Gasteiger partial charge >= 0.3 is 0 Å². The topological polar surface area (TPSA) is 26.0 Å². The van der Waals surface area contributed by atoms with Gasteiger partial charge in [0.15, 0.2) is 0 Å². The first-order chi connectivity index (χ1) is 6.15. The molecule has 13 heavy (non-hydrogen) atoms. The molecule has 0 bridgehead atoms. The molecular weight excluding hydrogens is 233 g/mol. The largest absolute Gasteiger partial charge is 0.324 e. The van der Waals surface area contributed by atoms with Crippen LogP contribution in [0.1, 0.15) is 18.0 Å². The summed E-state index contributed by atoms with van der Waals surface area (Å²) >= 11 is 3.18. The van der Waals surface area contributed by atoms with Gasteiger partial charge in [-0.15, -0.1) is 6.58 Å². The van der Waals surface area contributed by atoms with Crippen molar-refractivity contribution in [3.8, 4) is 0 Å². The van der Waals surface area contributed by atoms with Crippen LogP contribution in [-0.4, -0.2) is 0 Å². The maximum Gasteiger partial charge on any atom is 0.129 e. The standard InChI is InChI=1S/C10H11BrFN/c1-2-3-10(13)8-5-4-7(11)6-9(8)12/h2,4-6,10H,1,3,13H2. The molecule has 0 aromatic heterocycles. The molecule has 0 spiro atoms. The Morgan fingerprint density at radius 1 is 1.62 bits per heavy atom. The molecule has 0 aliphatic rings. The summed E-state index contributed by atoms with van der Waals surface area (Å²) in [7, 11) is 0. The normalized spacial score (nSPS) is 12.5. The quantitative estimate of drug-likeness (QED) is 0.812. The lowest BCUT2D eigenvalue weighted by Gasteiger charge is -2.10. The van der Waals surface area contributed by atoms with E-state index in [9.17, 15) is 4.39 Å². The van der Waals surface area contributed by atoms with Gasteiger partial charge in [0.25, 0.3) is 0 Å². The molecule has 0 saturated heterocycles. The third-order valence-corrected chi connectivity index (χ3v) is 2.28. The zero-order chi connectivity index (χ0) is 9.84. The van der Waals surface area contributed by atoms with Crippen LogP contribution in [-0.2, 0) is 0 Å². The van der Waals surface area contributed by atoms with Gasteiger partial charge in [0.1, 0.15) is 5.82 Å². The highest BCUT2D eigenvalue weighted by atomic mass is 79.9. The van der Waals surface area contributed by atoms with E-state index in [0.29, 0.717) is 12.0 Å². The van der Waals surface area contributed by atoms with Gasteiger partial charge in [-0.1, -0.05) is 28.1 Å². The molecule has 1 aromatic carbocycles. The summed E-state index contributed by atoms with van der Waals surface area (Å²) < 4.78 is 14.0. The Bertz CT molecular complexity index is 312. The predicted octanol–water partition coefficient (Wildman–Crippen LogP) is 3.16. The minimum atomic E-state index is -0.300. The molecule has 1 nitrogen and oxygen atoms in total.